The molecule has 0 aromatic heterocycles. The molecule has 5 nitrogen and oxygen atoms in total. The van der Waals surface area contributed by atoms with Gasteiger partial charge in [-0.05, 0) is 44.5 Å². The van der Waals surface area contributed by atoms with Crippen molar-refractivity contribution < 1.29 is 14.3 Å². The SMILES string of the molecule is CC(C)(C)NC(=O)COc1cccc(C(=O)NCc2ccccc2)c1. The molecule has 132 valence electrons. The molecular formula is C20H24N2O3. The minimum absolute atomic E-state index is 0.0909. The maximum absolute atomic E-state index is 12.3. The second kappa shape index (κ2) is 8.33. The minimum atomic E-state index is -0.306. The molecule has 0 unspecified atom stereocenters. The van der Waals surface area contributed by atoms with Crippen LogP contribution in [0.3, 0.4) is 0 Å². The number of carbonyl (C=O) groups is 2. The van der Waals surface area contributed by atoms with Crippen LogP contribution in [0.15, 0.2) is 54.6 Å². The van der Waals surface area contributed by atoms with E-state index in [1.807, 2.05) is 51.1 Å². The summed E-state index contributed by atoms with van der Waals surface area (Å²) in [7, 11) is 0. The van der Waals surface area contributed by atoms with Crippen molar-refractivity contribution in [1.82, 2.24) is 10.6 Å². The molecule has 0 radical (unpaired) electrons. The number of amides is 2. The number of ether oxygens (including phenoxy) is 1. The second-order valence-corrected chi connectivity index (χ2v) is 6.78. The maximum atomic E-state index is 12.3. The van der Waals surface area contributed by atoms with E-state index < -0.39 is 0 Å². The molecule has 0 saturated heterocycles. The van der Waals surface area contributed by atoms with E-state index in [9.17, 15) is 9.59 Å². The smallest absolute Gasteiger partial charge is 0.258 e. The normalized spacial score (nSPS) is 10.8. The Morgan fingerprint density at radius 3 is 2.40 bits per heavy atom. The van der Waals surface area contributed by atoms with Gasteiger partial charge in [-0.1, -0.05) is 36.4 Å². The molecule has 2 aromatic carbocycles. The van der Waals surface area contributed by atoms with Gasteiger partial charge in [-0.15, -0.1) is 0 Å². The Hall–Kier alpha value is -2.82. The molecule has 0 atom stereocenters. The van der Waals surface area contributed by atoms with Gasteiger partial charge in [0.15, 0.2) is 6.61 Å². The average Bonchev–Trinajstić information content (AvgIpc) is 2.57. The monoisotopic (exact) mass is 340 g/mol. The summed E-state index contributed by atoms with van der Waals surface area (Å²) in [5, 5.41) is 5.69. The number of nitrogens with one attached hydrogen (secondary N) is 2. The zero-order valence-corrected chi connectivity index (χ0v) is 14.8. The van der Waals surface area contributed by atoms with Gasteiger partial charge >= 0.3 is 0 Å². The van der Waals surface area contributed by atoms with Crippen LogP contribution in [-0.2, 0) is 11.3 Å². The Kier molecular flexibility index (Phi) is 6.17. The molecule has 0 aliphatic heterocycles. The van der Waals surface area contributed by atoms with Gasteiger partial charge in [0.05, 0.1) is 0 Å². The van der Waals surface area contributed by atoms with Gasteiger partial charge in [-0.25, -0.2) is 0 Å². The number of benzene rings is 2. The van der Waals surface area contributed by atoms with Crippen molar-refractivity contribution in [3.8, 4) is 5.75 Å². The predicted molar refractivity (Wildman–Crippen MR) is 97.4 cm³/mol. The van der Waals surface area contributed by atoms with Crippen molar-refractivity contribution in [3.63, 3.8) is 0 Å². The van der Waals surface area contributed by atoms with Crippen LogP contribution in [-0.4, -0.2) is 24.0 Å². The highest BCUT2D eigenvalue weighted by atomic mass is 16.5. The van der Waals surface area contributed by atoms with Gasteiger partial charge in [0.25, 0.3) is 11.8 Å². The molecule has 25 heavy (non-hydrogen) atoms. The van der Waals surface area contributed by atoms with Crippen molar-refractivity contribution in [2.75, 3.05) is 6.61 Å². The summed E-state index contributed by atoms with van der Waals surface area (Å²) in [6, 6.07) is 16.5. The average molecular weight is 340 g/mol. The van der Waals surface area contributed by atoms with Crippen LogP contribution in [0.25, 0.3) is 0 Å². The fourth-order valence-corrected chi connectivity index (χ4v) is 2.21. The molecule has 2 amide bonds. The second-order valence-electron chi connectivity index (χ2n) is 6.78. The molecule has 0 bridgehead atoms. The summed E-state index contributed by atoms with van der Waals surface area (Å²) in [6.45, 7) is 6.08. The van der Waals surface area contributed by atoms with E-state index in [0.29, 0.717) is 17.9 Å². The molecule has 0 spiro atoms. The molecule has 2 aromatic rings. The van der Waals surface area contributed by atoms with Crippen LogP contribution in [0, 0.1) is 0 Å². The van der Waals surface area contributed by atoms with Gasteiger partial charge < -0.3 is 15.4 Å². The first kappa shape index (κ1) is 18.5. The summed E-state index contributed by atoms with van der Waals surface area (Å²) in [5.74, 6) is 0.0938. The van der Waals surface area contributed by atoms with Crippen LogP contribution in [0.1, 0.15) is 36.7 Å². The maximum Gasteiger partial charge on any atom is 0.258 e. The zero-order chi connectivity index (χ0) is 18.3. The van der Waals surface area contributed by atoms with Crippen LogP contribution in [0.4, 0.5) is 0 Å². The van der Waals surface area contributed by atoms with Crippen LogP contribution in [0.5, 0.6) is 5.75 Å². The summed E-state index contributed by atoms with van der Waals surface area (Å²) < 4.78 is 5.48. The molecule has 0 aliphatic rings. The van der Waals surface area contributed by atoms with E-state index in [4.69, 9.17) is 4.74 Å². The molecular weight excluding hydrogens is 316 g/mol. The first-order valence-corrected chi connectivity index (χ1v) is 8.19. The standard InChI is InChI=1S/C20H24N2O3/c1-20(2,3)22-18(23)14-25-17-11-7-10-16(12-17)19(24)21-13-15-8-5-4-6-9-15/h4-12H,13-14H2,1-3H3,(H,21,24)(H,22,23). The lowest BCUT2D eigenvalue weighted by Gasteiger charge is -2.20. The van der Waals surface area contributed by atoms with Crippen molar-refractivity contribution in [1.29, 1.82) is 0 Å². The lowest BCUT2D eigenvalue weighted by atomic mass is 10.1. The molecule has 2 rings (SSSR count). The molecule has 0 fully saturated rings. The van der Waals surface area contributed by atoms with Gasteiger partial charge in [-0.2, -0.15) is 0 Å². The number of carbonyl (C=O) groups excluding carboxylic acids is 2. The van der Waals surface area contributed by atoms with E-state index >= 15 is 0 Å². The number of hydrogen-bond donors (Lipinski definition) is 2. The third kappa shape index (κ3) is 6.67. The van der Waals surface area contributed by atoms with Gasteiger partial charge in [0, 0.05) is 17.6 Å². The molecule has 2 N–H and O–H groups in total. The number of hydrogen-bond acceptors (Lipinski definition) is 3. The van der Waals surface area contributed by atoms with Crippen molar-refractivity contribution in [2.24, 2.45) is 0 Å². The van der Waals surface area contributed by atoms with E-state index in [-0.39, 0.29) is 24.0 Å². The highest BCUT2D eigenvalue weighted by Gasteiger charge is 2.14. The van der Waals surface area contributed by atoms with E-state index in [1.54, 1.807) is 24.3 Å². The van der Waals surface area contributed by atoms with Crippen LogP contribution in [0.2, 0.25) is 0 Å². The summed E-state index contributed by atoms with van der Waals surface area (Å²) in [6.07, 6.45) is 0. The Morgan fingerprint density at radius 1 is 1.00 bits per heavy atom. The van der Waals surface area contributed by atoms with Crippen molar-refractivity contribution in [3.05, 3.63) is 65.7 Å². The Morgan fingerprint density at radius 2 is 1.72 bits per heavy atom. The summed E-state index contributed by atoms with van der Waals surface area (Å²) >= 11 is 0. The van der Waals surface area contributed by atoms with Crippen LogP contribution < -0.4 is 15.4 Å². The van der Waals surface area contributed by atoms with Crippen LogP contribution >= 0.6 is 0 Å². The van der Waals surface area contributed by atoms with E-state index in [0.717, 1.165) is 5.56 Å². The van der Waals surface area contributed by atoms with Crippen molar-refractivity contribution >= 4 is 11.8 Å². The first-order valence-electron chi connectivity index (χ1n) is 8.19. The largest absolute Gasteiger partial charge is 0.484 e. The quantitative estimate of drug-likeness (QED) is 0.850. The first-order chi connectivity index (χ1) is 11.8. The molecule has 5 heteroatoms. The Labute approximate surface area is 148 Å². The Bertz CT molecular complexity index is 721. The van der Waals surface area contributed by atoms with E-state index in [1.165, 1.54) is 0 Å². The minimum Gasteiger partial charge on any atom is -0.484 e. The molecule has 0 aliphatic carbocycles. The lowest BCUT2D eigenvalue weighted by molar-refractivity contribution is -0.124. The van der Waals surface area contributed by atoms with Gasteiger partial charge in [0.2, 0.25) is 0 Å². The topological polar surface area (TPSA) is 67.4 Å². The fraction of sp³-hybridized carbons (Fsp3) is 0.300. The lowest BCUT2D eigenvalue weighted by Crippen LogP contribution is -2.43. The fourth-order valence-electron chi connectivity index (χ4n) is 2.21. The summed E-state index contributed by atoms with van der Waals surface area (Å²) in [4.78, 5) is 24.0. The van der Waals surface area contributed by atoms with E-state index in [2.05, 4.69) is 10.6 Å². The Balaban J connectivity index is 1.89. The predicted octanol–water partition coefficient (Wildman–Crippen LogP) is 2.91. The third-order valence-electron chi connectivity index (χ3n) is 3.28. The van der Waals surface area contributed by atoms with Gasteiger partial charge in [-0.3, -0.25) is 9.59 Å². The zero-order valence-electron chi connectivity index (χ0n) is 14.8. The highest BCUT2D eigenvalue weighted by molar-refractivity contribution is 5.94. The molecule has 0 heterocycles. The third-order valence-corrected chi connectivity index (χ3v) is 3.28. The highest BCUT2D eigenvalue weighted by Crippen LogP contribution is 2.13. The summed E-state index contributed by atoms with van der Waals surface area (Å²) in [5.41, 5.74) is 1.21. The van der Waals surface area contributed by atoms with Crippen molar-refractivity contribution in [2.45, 2.75) is 32.9 Å². The number of rotatable bonds is 6. The molecule has 0 saturated carbocycles. The van der Waals surface area contributed by atoms with Gasteiger partial charge in [0.1, 0.15) is 5.75 Å².